The number of carboxylic acid groups (broad SMARTS) is 1. The molecule has 0 saturated carbocycles. The zero-order chi connectivity index (χ0) is 28.3. The van der Waals surface area contributed by atoms with Crippen LogP contribution in [0.2, 0.25) is 0 Å². The van der Waals surface area contributed by atoms with Gasteiger partial charge in [-0.05, 0) is 66.4 Å². The number of ether oxygens (including phenoxy) is 1. The summed E-state index contributed by atoms with van der Waals surface area (Å²) in [5.41, 5.74) is 3.01. The van der Waals surface area contributed by atoms with Crippen molar-refractivity contribution in [2.24, 2.45) is 0 Å². The van der Waals surface area contributed by atoms with Crippen LogP contribution in [0.25, 0.3) is 11.1 Å². The van der Waals surface area contributed by atoms with Crippen molar-refractivity contribution in [1.82, 2.24) is 10.2 Å². The van der Waals surface area contributed by atoms with Crippen LogP contribution in [0.15, 0.2) is 95.6 Å². The molecule has 1 heterocycles. The van der Waals surface area contributed by atoms with Gasteiger partial charge in [0.1, 0.15) is 11.5 Å². The number of furan rings is 1. The number of carbonyl (C=O) groups excluding carboxylic acids is 2. The molecule has 3 aromatic carbocycles. The summed E-state index contributed by atoms with van der Waals surface area (Å²) in [6.07, 6.45) is 1.91. The SMILES string of the molecule is CCOc1ccc(CCN(CCC(=O)O)C(=O)c2ccccc2-c2ccccc2C(=O)NCc2ccco2)cc1. The third-order valence-corrected chi connectivity index (χ3v) is 6.41. The van der Waals surface area contributed by atoms with E-state index in [4.69, 9.17) is 9.15 Å². The highest BCUT2D eigenvalue weighted by Gasteiger charge is 2.22. The van der Waals surface area contributed by atoms with Crippen LogP contribution in [0.4, 0.5) is 0 Å². The number of hydrogen-bond acceptors (Lipinski definition) is 5. The van der Waals surface area contributed by atoms with Gasteiger partial charge in [0, 0.05) is 24.2 Å². The van der Waals surface area contributed by atoms with Crippen molar-refractivity contribution >= 4 is 17.8 Å². The average Bonchev–Trinajstić information content (AvgIpc) is 3.50. The molecular formula is C32H32N2O6. The van der Waals surface area contributed by atoms with E-state index in [9.17, 15) is 19.5 Å². The molecule has 8 heteroatoms. The Morgan fingerprint density at radius 3 is 2.17 bits per heavy atom. The first-order valence-corrected chi connectivity index (χ1v) is 13.2. The molecule has 0 aliphatic heterocycles. The molecule has 0 aliphatic rings. The fourth-order valence-electron chi connectivity index (χ4n) is 4.40. The van der Waals surface area contributed by atoms with Gasteiger partial charge < -0.3 is 24.5 Å². The van der Waals surface area contributed by atoms with Gasteiger partial charge in [-0.25, -0.2) is 0 Å². The Bertz CT molecular complexity index is 1430. The Morgan fingerprint density at radius 2 is 1.52 bits per heavy atom. The van der Waals surface area contributed by atoms with Gasteiger partial charge in [-0.1, -0.05) is 48.5 Å². The number of aliphatic carboxylic acids is 1. The summed E-state index contributed by atoms with van der Waals surface area (Å²) in [6, 6.07) is 25.3. The summed E-state index contributed by atoms with van der Waals surface area (Å²) in [6.45, 7) is 3.12. The van der Waals surface area contributed by atoms with Crippen LogP contribution in [0.3, 0.4) is 0 Å². The predicted octanol–water partition coefficient (Wildman–Crippen LogP) is 5.43. The summed E-state index contributed by atoms with van der Waals surface area (Å²) >= 11 is 0. The first-order valence-electron chi connectivity index (χ1n) is 13.2. The largest absolute Gasteiger partial charge is 0.494 e. The van der Waals surface area contributed by atoms with E-state index in [2.05, 4.69) is 5.32 Å². The van der Waals surface area contributed by atoms with Gasteiger partial charge >= 0.3 is 5.97 Å². The van der Waals surface area contributed by atoms with Crippen molar-refractivity contribution in [1.29, 1.82) is 0 Å². The number of nitrogens with zero attached hydrogens (tertiary/aromatic N) is 1. The fourth-order valence-corrected chi connectivity index (χ4v) is 4.40. The van der Waals surface area contributed by atoms with Crippen LogP contribution in [0.5, 0.6) is 5.75 Å². The molecule has 0 spiro atoms. The minimum Gasteiger partial charge on any atom is -0.494 e. The lowest BCUT2D eigenvalue weighted by Gasteiger charge is -2.24. The van der Waals surface area contributed by atoms with Crippen LogP contribution in [-0.4, -0.2) is 47.5 Å². The third kappa shape index (κ3) is 7.38. The van der Waals surface area contributed by atoms with Crippen LogP contribution in [0, 0.1) is 0 Å². The van der Waals surface area contributed by atoms with Crippen LogP contribution >= 0.6 is 0 Å². The minimum absolute atomic E-state index is 0.0603. The summed E-state index contributed by atoms with van der Waals surface area (Å²) in [5.74, 6) is -0.180. The fraction of sp³-hybridized carbons (Fsp3) is 0.219. The van der Waals surface area contributed by atoms with E-state index < -0.39 is 5.97 Å². The first-order chi connectivity index (χ1) is 19.5. The second-order valence-corrected chi connectivity index (χ2v) is 9.12. The molecule has 0 radical (unpaired) electrons. The molecule has 8 nitrogen and oxygen atoms in total. The molecule has 1 aromatic heterocycles. The van der Waals surface area contributed by atoms with Gasteiger partial charge in [0.25, 0.3) is 11.8 Å². The number of nitrogens with one attached hydrogen (secondary N) is 1. The van der Waals surface area contributed by atoms with Crippen LogP contribution in [0.1, 0.15) is 45.4 Å². The molecule has 40 heavy (non-hydrogen) atoms. The lowest BCUT2D eigenvalue weighted by atomic mass is 9.94. The van der Waals surface area contributed by atoms with Crippen LogP contribution < -0.4 is 10.1 Å². The zero-order valence-corrected chi connectivity index (χ0v) is 22.3. The summed E-state index contributed by atoms with van der Waals surface area (Å²) in [5, 5.41) is 12.2. The Morgan fingerprint density at radius 1 is 0.850 bits per heavy atom. The van der Waals surface area contributed by atoms with Crippen molar-refractivity contribution < 1.29 is 28.6 Å². The maximum Gasteiger partial charge on any atom is 0.305 e. The molecule has 4 rings (SSSR count). The van der Waals surface area contributed by atoms with Gasteiger partial charge in [-0.15, -0.1) is 0 Å². The number of rotatable bonds is 13. The predicted molar refractivity (Wildman–Crippen MR) is 151 cm³/mol. The van der Waals surface area contributed by atoms with Gasteiger partial charge in [0.05, 0.1) is 25.8 Å². The lowest BCUT2D eigenvalue weighted by Crippen LogP contribution is -2.35. The van der Waals surface area contributed by atoms with E-state index in [1.54, 1.807) is 59.7 Å². The summed E-state index contributed by atoms with van der Waals surface area (Å²) < 4.78 is 10.8. The second kappa shape index (κ2) is 13.8. The number of amides is 2. The smallest absolute Gasteiger partial charge is 0.305 e. The van der Waals surface area contributed by atoms with Crippen LogP contribution in [-0.2, 0) is 17.8 Å². The molecule has 2 amide bonds. The molecule has 2 N–H and O–H groups in total. The van der Waals surface area contributed by atoms with E-state index in [-0.39, 0.29) is 31.3 Å². The van der Waals surface area contributed by atoms with E-state index >= 15 is 0 Å². The van der Waals surface area contributed by atoms with Crippen molar-refractivity contribution in [2.45, 2.75) is 26.3 Å². The highest BCUT2D eigenvalue weighted by atomic mass is 16.5. The second-order valence-electron chi connectivity index (χ2n) is 9.12. The monoisotopic (exact) mass is 540 g/mol. The number of carboxylic acids is 1. The molecule has 0 atom stereocenters. The quantitative estimate of drug-likeness (QED) is 0.234. The molecule has 0 saturated heterocycles. The van der Waals surface area contributed by atoms with Crippen molar-refractivity contribution in [3.8, 4) is 16.9 Å². The topological polar surface area (TPSA) is 109 Å². The van der Waals surface area contributed by atoms with Gasteiger partial charge in [0.2, 0.25) is 0 Å². The molecule has 0 bridgehead atoms. The van der Waals surface area contributed by atoms with Gasteiger partial charge in [-0.2, -0.15) is 0 Å². The molecular weight excluding hydrogens is 508 g/mol. The van der Waals surface area contributed by atoms with E-state index in [1.807, 2.05) is 43.3 Å². The average molecular weight is 541 g/mol. The Hall–Kier alpha value is -4.85. The molecule has 0 aliphatic carbocycles. The maximum absolute atomic E-state index is 13.9. The molecule has 0 unspecified atom stereocenters. The molecule has 0 fully saturated rings. The molecule has 206 valence electrons. The van der Waals surface area contributed by atoms with Crippen molar-refractivity contribution in [2.75, 3.05) is 19.7 Å². The summed E-state index contributed by atoms with van der Waals surface area (Å²) in [4.78, 5) is 39.9. The van der Waals surface area contributed by atoms with Crippen molar-refractivity contribution in [3.63, 3.8) is 0 Å². The standard InChI is InChI=1S/C32H32N2O6/c1-2-39-24-15-13-23(14-16-24)17-19-34(20-18-30(35)36)32(38)29-12-6-4-10-27(29)26-9-3-5-11-28(26)31(37)33-22-25-8-7-21-40-25/h3-16,21H,2,17-20,22H2,1H3,(H,33,37)(H,35,36). The minimum atomic E-state index is -0.981. The van der Waals surface area contributed by atoms with Gasteiger partial charge in [0.15, 0.2) is 0 Å². The third-order valence-electron chi connectivity index (χ3n) is 6.41. The number of benzene rings is 3. The highest BCUT2D eigenvalue weighted by molar-refractivity contribution is 6.06. The lowest BCUT2D eigenvalue weighted by molar-refractivity contribution is -0.137. The van der Waals surface area contributed by atoms with E-state index in [0.29, 0.717) is 47.6 Å². The normalized spacial score (nSPS) is 10.6. The zero-order valence-electron chi connectivity index (χ0n) is 22.3. The first kappa shape index (κ1) is 28.2. The van der Waals surface area contributed by atoms with Gasteiger partial charge in [-0.3, -0.25) is 14.4 Å². The number of hydrogen-bond donors (Lipinski definition) is 2. The maximum atomic E-state index is 13.9. The van der Waals surface area contributed by atoms with E-state index in [1.165, 1.54) is 0 Å². The van der Waals surface area contributed by atoms with E-state index in [0.717, 1.165) is 11.3 Å². The molecule has 4 aromatic rings. The summed E-state index contributed by atoms with van der Waals surface area (Å²) in [7, 11) is 0. The Balaban J connectivity index is 1.58. The Kier molecular flexibility index (Phi) is 9.72. The highest BCUT2D eigenvalue weighted by Crippen LogP contribution is 2.28. The number of carbonyl (C=O) groups is 3. The Labute approximate surface area is 233 Å². The van der Waals surface area contributed by atoms with Crippen molar-refractivity contribution in [3.05, 3.63) is 114 Å².